The number of hydrogen-bond acceptors (Lipinski definition) is 2. The Kier molecular flexibility index (Phi) is 4.35. The zero-order valence-electron chi connectivity index (χ0n) is 11.5. The van der Waals surface area contributed by atoms with Crippen LogP contribution in [0, 0.1) is 25.5 Å². The largest absolute Gasteiger partial charge is 0.387 e. The Morgan fingerprint density at radius 2 is 1.85 bits per heavy atom. The second-order valence-corrected chi connectivity index (χ2v) is 4.82. The molecule has 1 unspecified atom stereocenters. The number of aliphatic hydroxyl groups is 1. The van der Waals surface area contributed by atoms with Gasteiger partial charge in [0, 0.05) is 12.2 Å². The third-order valence-electron chi connectivity index (χ3n) is 3.42. The summed E-state index contributed by atoms with van der Waals surface area (Å²) in [7, 11) is 0. The van der Waals surface area contributed by atoms with Crippen LogP contribution in [0.25, 0.3) is 0 Å². The molecule has 0 aromatic heterocycles. The number of aryl methyl sites for hydroxylation is 1. The van der Waals surface area contributed by atoms with Gasteiger partial charge in [-0.25, -0.2) is 8.78 Å². The van der Waals surface area contributed by atoms with E-state index in [1.165, 1.54) is 6.07 Å². The van der Waals surface area contributed by atoms with E-state index in [9.17, 15) is 13.9 Å². The predicted molar refractivity (Wildman–Crippen MR) is 75.7 cm³/mol. The van der Waals surface area contributed by atoms with Crippen LogP contribution in [0.5, 0.6) is 0 Å². The fraction of sp³-hybridized carbons (Fsp3) is 0.250. The van der Waals surface area contributed by atoms with Crippen molar-refractivity contribution >= 4 is 5.69 Å². The van der Waals surface area contributed by atoms with Gasteiger partial charge in [-0.15, -0.1) is 0 Å². The van der Waals surface area contributed by atoms with Gasteiger partial charge in [-0.2, -0.15) is 0 Å². The van der Waals surface area contributed by atoms with Crippen LogP contribution in [0.1, 0.15) is 22.8 Å². The molecule has 0 bridgehead atoms. The van der Waals surface area contributed by atoms with Crippen molar-refractivity contribution in [3.63, 3.8) is 0 Å². The molecule has 2 aromatic carbocycles. The van der Waals surface area contributed by atoms with Gasteiger partial charge in [0.2, 0.25) is 0 Å². The van der Waals surface area contributed by atoms with Crippen molar-refractivity contribution in [2.75, 3.05) is 11.9 Å². The number of nitrogens with one attached hydrogen (secondary N) is 1. The Labute approximate surface area is 117 Å². The summed E-state index contributed by atoms with van der Waals surface area (Å²) in [5.41, 5.74) is 3.52. The number of hydrogen-bond donors (Lipinski definition) is 2. The molecule has 0 fully saturated rings. The van der Waals surface area contributed by atoms with Crippen LogP contribution in [0.3, 0.4) is 0 Å². The first-order valence-corrected chi connectivity index (χ1v) is 6.42. The molecule has 0 aliphatic heterocycles. The second-order valence-electron chi connectivity index (χ2n) is 4.82. The van der Waals surface area contributed by atoms with E-state index in [1.54, 1.807) is 0 Å². The molecule has 2 nitrogen and oxygen atoms in total. The summed E-state index contributed by atoms with van der Waals surface area (Å²) >= 11 is 0. The zero-order valence-corrected chi connectivity index (χ0v) is 11.5. The molecule has 0 saturated carbocycles. The highest BCUT2D eigenvalue weighted by atomic mass is 19.2. The highest BCUT2D eigenvalue weighted by molar-refractivity contribution is 5.53. The van der Waals surface area contributed by atoms with E-state index in [2.05, 4.69) is 5.32 Å². The fourth-order valence-corrected chi connectivity index (χ4v) is 1.99. The minimum absolute atomic E-state index is 0.232. The van der Waals surface area contributed by atoms with E-state index < -0.39 is 17.7 Å². The van der Waals surface area contributed by atoms with Gasteiger partial charge in [0.15, 0.2) is 11.6 Å². The smallest absolute Gasteiger partial charge is 0.159 e. The van der Waals surface area contributed by atoms with Gasteiger partial charge in [-0.05, 0) is 48.7 Å². The number of aliphatic hydroxyl groups excluding tert-OH is 1. The van der Waals surface area contributed by atoms with Gasteiger partial charge in [0.05, 0.1) is 6.10 Å². The number of anilines is 1. The van der Waals surface area contributed by atoms with Crippen LogP contribution < -0.4 is 5.32 Å². The van der Waals surface area contributed by atoms with E-state index in [1.807, 2.05) is 32.0 Å². The molecule has 0 spiro atoms. The van der Waals surface area contributed by atoms with Crippen LogP contribution >= 0.6 is 0 Å². The summed E-state index contributed by atoms with van der Waals surface area (Å²) in [6.45, 7) is 4.23. The highest BCUT2D eigenvalue weighted by Crippen LogP contribution is 2.21. The van der Waals surface area contributed by atoms with Crippen molar-refractivity contribution < 1.29 is 13.9 Å². The Bertz CT molecular complexity index is 613. The molecular formula is C16H17F2NO. The SMILES string of the molecule is Cc1cccc(NCC(O)c2ccc(F)c(F)c2)c1C. The predicted octanol–water partition coefficient (Wildman–Crippen LogP) is 3.73. The van der Waals surface area contributed by atoms with E-state index in [-0.39, 0.29) is 6.54 Å². The quantitative estimate of drug-likeness (QED) is 0.892. The van der Waals surface area contributed by atoms with Gasteiger partial charge in [-0.3, -0.25) is 0 Å². The molecule has 0 saturated heterocycles. The first-order chi connectivity index (χ1) is 9.49. The van der Waals surface area contributed by atoms with E-state index >= 15 is 0 Å². The molecule has 4 heteroatoms. The highest BCUT2D eigenvalue weighted by Gasteiger charge is 2.11. The number of halogens is 2. The van der Waals surface area contributed by atoms with Crippen LogP contribution in [0.2, 0.25) is 0 Å². The summed E-state index contributed by atoms with van der Waals surface area (Å²) in [5.74, 6) is -1.86. The van der Waals surface area contributed by atoms with Crippen molar-refractivity contribution in [3.8, 4) is 0 Å². The van der Waals surface area contributed by atoms with Crippen LogP contribution in [0.4, 0.5) is 14.5 Å². The van der Waals surface area contributed by atoms with Crippen molar-refractivity contribution in [1.29, 1.82) is 0 Å². The van der Waals surface area contributed by atoms with Gasteiger partial charge >= 0.3 is 0 Å². The van der Waals surface area contributed by atoms with Crippen LogP contribution in [-0.2, 0) is 0 Å². The maximum absolute atomic E-state index is 13.1. The van der Waals surface area contributed by atoms with Crippen molar-refractivity contribution in [1.82, 2.24) is 0 Å². The number of benzene rings is 2. The topological polar surface area (TPSA) is 32.3 Å². The maximum atomic E-state index is 13.1. The van der Waals surface area contributed by atoms with Gasteiger partial charge < -0.3 is 10.4 Å². The standard InChI is InChI=1S/C16H17F2NO/c1-10-4-3-5-15(11(10)2)19-9-16(20)12-6-7-13(17)14(18)8-12/h3-8,16,19-20H,9H2,1-2H3. The molecule has 2 N–H and O–H groups in total. The fourth-order valence-electron chi connectivity index (χ4n) is 1.99. The Morgan fingerprint density at radius 1 is 1.10 bits per heavy atom. The molecule has 106 valence electrons. The van der Waals surface area contributed by atoms with Crippen molar-refractivity contribution in [2.45, 2.75) is 20.0 Å². The Hall–Kier alpha value is -1.94. The minimum Gasteiger partial charge on any atom is -0.387 e. The summed E-state index contributed by atoms with van der Waals surface area (Å²) in [5, 5.41) is 13.1. The van der Waals surface area contributed by atoms with E-state index in [4.69, 9.17) is 0 Å². The molecule has 2 rings (SSSR count). The molecule has 0 radical (unpaired) electrons. The van der Waals surface area contributed by atoms with Crippen molar-refractivity contribution in [3.05, 3.63) is 64.7 Å². The lowest BCUT2D eigenvalue weighted by Crippen LogP contribution is -2.13. The molecule has 0 heterocycles. The van der Waals surface area contributed by atoms with Gasteiger partial charge in [0.1, 0.15) is 0 Å². The first kappa shape index (κ1) is 14.5. The Morgan fingerprint density at radius 3 is 2.55 bits per heavy atom. The van der Waals surface area contributed by atoms with E-state index in [0.717, 1.165) is 28.9 Å². The lowest BCUT2D eigenvalue weighted by Gasteiger charge is -2.15. The lowest BCUT2D eigenvalue weighted by atomic mass is 10.1. The average Bonchev–Trinajstić information content (AvgIpc) is 2.43. The summed E-state index contributed by atoms with van der Waals surface area (Å²) < 4.78 is 26.0. The number of rotatable bonds is 4. The molecule has 0 amide bonds. The second kappa shape index (κ2) is 6.01. The average molecular weight is 277 g/mol. The maximum Gasteiger partial charge on any atom is 0.159 e. The molecule has 0 aliphatic carbocycles. The van der Waals surface area contributed by atoms with Crippen LogP contribution in [-0.4, -0.2) is 11.7 Å². The molecular weight excluding hydrogens is 260 g/mol. The molecule has 2 aromatic rings. The van der Waals surface area contributed by atoms with E-state index in [0.29, 0.717) is 5.56 Å². The van der Waals surface area contributed by atoms with Crippen molar-refractivity contribution in [2.24, 2.45) is 0 Å². The zero-order chi connectivity index (χ0) is 14.7. The Balaban J connectivity index is 2.06. The monoisotopic (exact) mass is 277 g/mol. The first-order valence-electron chi connectivity index (χ1n) is 6.42. The van der Waals surface area contributed by atoms with Gasteiger partial charge in [0.25, 0.3) is 0 Å². The van der Waals surface area contributed by atoms with Crippen LogP contribution in [0.15, 0.2) is 36.4 Å². The lowest BCUT2D eigenvalue weighted by molar-refractivity contribution is 0.191. The summed E-state index contributed by atoms with van der Waals surface area (Å²) in [4.78, 5) is 0. The third kappa shape index (κ3) is 3.14. The third-order valence-corrected chi connectivity index (χ3v) is 3.42. The molecule has 20 heavy (non-hydrogen) atoms. The summed E-state index contributed by atoms with van der Waals surface area (Å²) in [6, 6.07) is 9.27. The summed E-state index contributed by atoms with van der Waals surface area (Å²) in [6.07, 6.45) is -0.898. The van der Waals surface area contributed by atoms with Gasteiger partial charge in [-0.1, -0.05) is 18.2 Å². The molecule has 1 atom stereocenters. The minimum atomic E-state index is -0.951. The molecule has 0 aliphatic rings. The normalized spacial score (nSPS) is 12.2.